The molecule has 18 heavy (non-hydrogen) atoms. The van der Waals surface area contributed by atoms with Gasteiger partial charge in [-0.2, -0.15) is 4.39 Å². The number of nitrogens with zero attached hydrogens (tertiary/aromatic N) is 1. The van der Waals surface area contributed by atoms with Gasteiger partial charge in [0.2, 0.25) is 11.7 Å². The number of hydrogen-bond acceptors (Lipinski definition) is 4. The molecule has 6 nitrogen and oxygen atoms in total. The normalized spacial score (nSPS) is 10.1. The smallest absolute Gasteiger partial charge is 0.306 e. The van der Waals surface area contributed by atoms with Gasteiger partial charge in [0.05, 0.1) is 4.92 Å². The molecule has 0 unspecified atom stereocenters. The van der Waals surface area contributed by atoms with Crippen LogP contribution in [0.2, 0.25) is 0 Å². The highest BCUT2D eigenvalue weighted by molar-refractivity contribution is 5.90. The number of benzene rings is 1. The number of halogens is 1. The van der Waals surface area contributed by atoms with Crippen LogP contribution in [0.4, 0.5) is 15.8 Å². The number of rotatable bonds is 6. The van der Waals surface area contributed by atoms with E-state index in [2.05, 4.69) is 5.32 Å². The molecule has 0 aliphatic carbocycles. The van der Waals surface area contributed by atoms with Crippen molar-refractivity contribution < 1.29 is 14.1 Å². The zero-order valence-corrected chi connectivity index (χ0v) is 9.69. The maximum atomic E-state index is 13.0. The zero-order chi connectivity index (χ0) is 13.5. The molecule has 1 aromatic rings. The van der Waals surface area contributed by atoms with Crippen LogP contribution in [0.25, 0.3) is 0 Å². The Morgan fingerprint density at radius 2 is 2.17 bits per heavy atom. The Kier molecular flexibility index (Phi) is 5.19. The summed E-state index contributed by atoms with van der Waals surface area (Å²) in [6.45, 7) is 0.509. The fraction of sp³-hybridized carbons (Fsp3) is 0.364. The summed E-state index contributed by atoms with van der Waals surface area (Å²) < 4.78 is 13.0. The summed E-state index contributed by atoms with van der Waals surface area (Å²) in [5.41, 5.74) is 4.84. The van der Waals surface area contributed by atoms with Crippen LogP contribution in [0.5, 0.6) is 0 Å². The Bertz CT molecular complexity index is 451. The van der Waals surface area contributed by atoms with Crippen LogP contribution in [0.1, 0.15) is 19.3 Å². The molecule has 0 aliphatic heterocycles. The van der Waals surface area contributed by atoms with Crippen LogP contribution in [0.3, 0.4) is 0 Å². The average Bonchev–Trinajstić information content (AvgIpc) is 2.31. The largest absolute Gasteiger partial charge is 0.330 e. The number of nitro groups is 1. The third-order valence-electron chi connectivity index (χ3n) is 2.28. The molecule has 3 N–H and O–H groups in total. The Balaban J connectivity index is 2.65. The Morgan fingerprint density at radius 3 is 2.78 bits per heavy atom. The van der Waals surface area contributed by atoms with Crippen LogP contribution >= 0.6 is 0 Å². The van der Waals surface area contributed by atoms with Gasteiger partial charge in [-0.05, 0) is 31.5 Å². The van der Waals surface area contributed by atoms with E-state index < -0.39 is 16.4 Å². The summed E-state index contributed by atoms with van der Waals surface area (Å²) in [5, 5.41) is 13.0. The molecule has 0 radical (unpaired) electrons. The minimum atomic E-state index is -0.930. The van der Waals surface area contributed by atoms with Crippen LogP contribution in [-0.4, -0.2) is 17.4 Å². The maximum Gasteiger partial charge on any atom is 0.306 e. The van der Waals surface area contributed by atoms with E-state index >= 15 is 0 Å². The number of carbonyl (C=O) groups is 1. The molecule has 1 rings (SSSR count). The third-order valence-corrected chi connectivity index (χ3v) is 2.28. The van der Waals surface area contributed by atoms with Gasteiger partial charge in [-0.1, -0.05) is 0 Å². The second-order valence-electron chi connectivity index (χ2n) is 3.72. The number of nitrogens with one attached hydrogen (secondary N) is 1. The molecule has 0 atom stereocenters. The number of anilines is 1. The fourth-order valence-corrected chi connectivity index (χ4v) is 1.38. The predicted octanol–water partition coefficient (Wildman–Crippen LogP) is 1.80. The van der Waals surface area contributed by atoms with E-state index in [1.807, 2.05) is 0 Å². The quantitative estimate of drug-likeness (QED) is 0.460. The lowest BCUT2D eigenvalue weighted by Crippen LogP contribution is -2.12. The van der Waals surface area contributed by atoms with Crippen molar-refractivity contribution in [2.24, 2.45) is 5.73 Å². The van der Waals surface area contributed by atoms with Gasteiger partial charge >= 0.3 is 5.69 Å². The molecule has 0 saturated heterocycles. The maximum absolute atomic E-state index is 13.0. The van der Waals surface area contributed by atoms with E-state index in [4.69, 9.17) is 5.73 Å². The molecule has 98 valence electrons. The zero-order valence-electron chi connectivity index (χ0n) is 9.69. The second-order valence-corrected chi connectivity index (χ2v) is 3.72. The van der Waals surface area contributed by atoms with Gasteiger partial charge < -0.3 is 11.1 Å². The molecule has 0 saturated carbocycles. The summed E-state index contributed by atoms with van der Waals surface area (Å²) in [6, 6.07) is 3.23. The first kappa shape index (κ1) is 14.0. The summed E-state index contributed by atoms with van der Waals surface area (Å²) in [7, 11) is 0. The average molecular weight is 255 g/mol. The highest BCUT2D eigenvalue weighted by atomic mass is 19.1. The molecule has 0 fully saturated rings. The standard InChI is InChI=1S/C11H14FN3O3/c12-9-5-4-8(7-10(9)15(17)18)14-11(16)3-1-2-6-13/h4-5,7H,1-3,6,13H2,(H,14,16). The van der Waals surface area contributed by atoms with Gasteiger partial charge in [-0.15, -0.1) is 0 Å². The van der Waals surface area contributed by atoms with Crippen molar-refractivity contribution in [2.45, 2.75) is 19.3 Å². The highest BCUT2D eigenvalue weighted by Gasteiger charge is 2.15. The summed E-state index contributed by atoms with van der Waals surface area (Å²) in [5.74, 6) is -1.20. The number of nitro benzene ring substituents is 1. The lowest BCUT2D eigenvalue weighted by Gasteiger charge is -2.05. The van der Waals surface area contributed by atoms with Crippen molar-refractivity contribution in [3.63, 3.8) is 0 Å². The summed E-state index contributed by atoms with van der Waals surface area (Å²) >= 11 is 0. The van der Waals surface area contributed by atoms with Crippen molar-refractivity contribution in [3.8, 4) is 0 Å². The lowest BCUT2D eigenvalue weighted by atomic mass is 10.2. The van der Waals surface area contributed by atoms with E-state index in [1.165, 1.54) is 6.07 Å². The van der Waals surface area contributed by atoms with Gasteiger partial charge in [-0.25, -0.2) is 0 Å². The van der Waals surface area contributed by atoms with E-state index in [9.17, 15) is 19.3 Å². The molecular formula is C11H14FN3O3. The molecule has 1 amide bonds. The molecule has 0 spiro atoms. The van der Waals surface area contributed by atoms with Crippen molar-refractivity contribution in [1.29, 1.82) is 0 Å². The van der Waals surface area contributed by atoms with E-state index in [1.54, 1.807) is 0 Å². The topological polar surface area (TPSA) is 98.3 Å². The molecular weight excluding hydrogens is 241 g/mol. The van der Waals surface area contributed by atoms with Crippen LogP contribution in [0, 0.1) is 15.9 Å². The molecule has 0 heterocycles. The lowest BCUT2D eigenvalue weighted by molar-refractivity contribution is -0.387. The minimum absolute atomic E-state index is 0.209. The van der Waals surface area contributed by atoms with Gasteiger partial charge in [0.25, 0.3) is 0 Å². The number of amides is 1. The fourth-order valence-electron chi connectivity index (χ4n) is 1.38. The van der Waals surface area contributed by atoms with E-state index in [-0.39, 0.29) is 18.0 Å². The Morgan fingerprint density at radius 1 is 1.44 bits per heavy atom. The first-order chi connectivity index (χ1) is 8.54. The van der Waals surface area contributed by atoms with Gasteiger partial charge in [0, 0.05) is 18.2 Å². The number of unbranched alkanes of at least 4 members (excludes halogenated alkanes) is 1. The molecule has 0 aromatic heterocycles. The monoisotopic (exact) mass is 255 g/mol. The van der Waals surface area contributed by atoms with Gasteiger partial charge in [-0.3, -0.25) is 14.9 Å². The van der Waals surface area contributed by atoms with Crippen molar-refractivity contribution in [3.05, 3.63) is 34.1 Å². The first-order valence-corrected chi connectivity index (χ1v) is 5.48. The minimum Gasteiger partial charge on any atom is -0.330 e. The van der Waals surface area contributed by atoms with Gasteiger partial charge in [0.1, 0.15) is 0 Å². The second kappa shape index (κ2) is 6.65. The SMILES string of the molecule is NCCCCC(=O)Nc1ccc(F)c([N+](=O)[O-])c1. The van der Waals surface area contributed by atoms with Crippen molar-refractivity contribution in [2.75, 3.05) is 11.9 Å². The Hall–Kier alpha value is -2.02. The Labute approximate surface area is 103 Å². The number of hydrogen-bond donors (Lipinski definition) is 2. The molecule has 7 heteroatoms. The van der Waals surface area contributed by atoms with Crippen LogP contribution < -0.4 is 11.1 Å². The van der Waals surface area contributed by atoms with Crippen LogP contribution in [-0.2, 0) is 4.79 Å². The summed E-state index contributed by atoms with van der Waals surface area (Å²) in [6.07, 6.45) is 1.66. The van der Waals surface area contributed by atoms with E-state index in [0.717, 1.165) is 18.6 Å². The molecule has 0 bridgehead atoms. The summed E-state index contributed by atoms with van der Waals surface area (Å²) in [4.78, 5) is 21.1. The number of nitrogens with two attached hydrogens (primary N) is 1. The first-order valence-electron chi connectivity index (χ1n) is 5.48. The number of carbonyl (C=O) groups excluding carboxylic acids is 1. The molecule has 1 aromatic carbocycles. The molecule has 0 aliphatic rings. The van der Waals surface area contributed by atoms with Crippen LogP contribution in [0.15, 0.2) is 18.2 Å². The highest BCUT2D eigenvalue weighted by Crippen LogP contribution is 2.21. The van der Waals surface area contributed by atoms with Crippen molar-refractivity contribution in [1.82, 2.24) is 0 Å². The third kappa shape index (κ3) is 4.10. The van der Waals surface area contributed by atoms with Crippen molar-refractivity contribution >= 4 is 17.3 Å². The predicted molar refractivity (Wildman–Crippen MR) is 64.6 cm³/mol. The van der Waals surface area contributed by atoms with E-state index in [0.29, 0.717) is 13.0 Å². The van der Waals surface area contributed by atoms with Gasteiger partial charge in [0.15, 0.2) is 0 Å².